The molecule has 0 aromatic heterocycles. The van der Waals surface area contributed by atoms with E-state index < -0.39 is 0 Å². The number of rotatable bonds is 6. The number of carbonyl (C=O) groups is 1. The number of nitrogens with one attached hydrogen (secondary N) is 1. The van der Waals surface area contributed by atoms with Crippen LogP contribution >= 0.6 is 36.4 Å². The van der Waals surface area contributed by atoms with Crippen LogP contribution in [0.1, 0.15) is 6.42 Å². The summed E-state index contributed by atoms with van der Waals surface area (Å²) in [5.74, 6) is 1.06. The van der Waals surface area contributed by atoms with Gasteiger partial charge >= 0.3 is 0 Å². The van der Waals surface area contributed by atoms with Gasteiger partial charge in [0.15, 0.2) is 0 Å². The Balaban J connectivity index is 0.00000182. The Morgan fingerprint density at radius 3 is 2.52 bits per heavy atom. The second kappa shape index (κ2) is 12.6. The molecule has 9 heteroatoms. The second-order valence-electron chi connectivity index (χ2n) is 6.45. The molecule has 0 radical (unpaired) electrons. The summed E-state index contributed by atoms with van der Waals surface area (Å²) in [4.78, 5) is 16.7. The summed E-state index contributed by atoms with van der Waals surface area (Å²) in [6, 6.07) is 7.57. The van der Waals surface area contributed by atoms with Gasteiger partial charge in [-0.25, -0.2) is 0 Å². The summed E-state index contributed by atoms with van der Waals surface area (Å²) in [6.45, 7) is 7.06. The lowest BCUT2D eigenvalue weighted by Gasteiger charge is -2.35. The smallest absolute Gasteiger partial charge is 0.224 e. The normalized spacial score (nSPS) is 20.3. The van der Waals surface area contributed by atoms with Gasteiger partial charge in [0.1, 0.15) is 12.4 Å². The van der Waals surface area contributed by atoms with Crippen LogP contribution in [0.2, 0.25) is 5.02 Å². The maximum Gasteiger partial charge on any atom is 0.224 e. The summed E-state index contributed by atoms with van der Waals surface area (Å²) in [6.07, 6.45) is 0.527. The van der Waals surface area contributed by atoms with Crippen LogP contribution < -0.4 is 10.1 Å². The molecule has 2 fully saturated rings. The van der Waals surface area contributed by atoms with Gasteiger partial charge in [-0.05, 0) is 24.3 Å². The third-order valence-electron chi connectivity index (χ3n) is 4.63. The van der Waals surface area contributed by atoms with Crippen molar-refractivity contribution in [2.75, 3.05) is 59.1 Å². The standard InChI is InChI=1S/C18H26ClN3O3.2ClH/c19-15-1-3-17(4-2-15)25-12-10-21-6-8-22(9-7-21)18(23)13-16-14-24-11-5-20-16;;/h1-4,16,20H,5-14H2;2*1H. The Morgan fingerprint density at radius 1 is 1.19 bits per heavy atom. The molecule has 2 saturated heterocycles. The van der Waals surface area contributed by atoms with Crippen molar-refractivity contribution < 1.29 is 14.3 Å². The molecule has 0 saturated carbocycles. The van der Waals surface area contributed by atoms with Gasteiger partial charge < -0.3 is 19.7 Å². The monoisotopic (exact) mass is 439 g/mol. The van der Waals surface area contributed by atoms with Gasteiger partial charge in [-0.2, -0.15) is 0 Å². The van der Waals surface area contributed by atoms with E-state index in [1.165, 1.54) is 0 Å². The minimum absolute atomic E-state index is 0. The van der Waals surface area contributed by atoms with Crippen molar-refractivity contribution in [2.45, 2.75) is 12.5 Å². The van der Waals surface area contributed by atoms with E-state index in [2.05, 4.69) is 10.2 Å². The average molecular weight is 441 g/mol. The number of benzene rings is 1. The molecule has 3 rings (SSSR count). The Morgan fingerprint density at radius 2 is 1.89 bits per heavy atom. The van der Waals surface area contributed by atoms with Crippen molar-refractivity contribution in [2.24, 2.45) is 0 Å². The van der Waals surface area contributed by atoms with E-state index in [1.54, 1.807) is 0 Å². The molecule has 1 atom stereocenters. The number of halogens is 3. The van der Waals surface area contributed by atoms with E-state index in [-0.39, 0.29) is 36.8 Å². The van der Waals surface area contributed by atoms with Crippen molar-refractivity contribution in [3.63, 3.8) is 0 Å². The third kappa shape index (κ3) is 8.02. The molecule has 1 amide bonds. The number of morpholine rings is 1. The molecule has 0 bridgehead atoms. The summed E-state index contributed by atoms with van der Waals surface area (Å²) >= 11 is 5.86. The van der Waals surface area contributed by atoms with E-state index in [0.29, 0.717) is 24.7 Å². The van der Waals surface area contributed by atoms with Crippen LogP contribution in [0.25, 0.3) is 0 Å². The zero-order chi connectivity index (χ0) is 17.5. The molecule has 27 heavy (non-hydrogen) atoms. The molecule has 1 aromatic carbocycles. The number of ether oxygens (including phenoxy) is 2. The highest BCUT2D eigenvalue weighted by Gasteiger charge is 2.24. The summed E-state index contributed by atoms with van der Waals surface area (Å²) in [5, 5.41) is 4.05. The van der Waals surface area contributed by atoms with Crippen LogP contribution in [0.5, 0.6) is 5.75 Å². The molecule has 0 spiro atoms. The highest BCUT2D eigenvalue weighted by Crippen LogP contribution is 2.15. The quantitative estimate of drug-likeness (QED) is 0.734. The van der Waals surface area contributed by atoms with Crippen LogP contribution in [0, 0.1) is 0 Å². The van der Waals surface area contributed by atoms with E-state index in [9.17, 15) is 4.79 Å². The first kappa shape index (κ1) is 24.3. The number of nitrogens with zero attached hydrogens (tertiary/aromatic N) is 2. The Kier molecular flexibility index (Phi) is 11.4. The Labute approximate surface area is 178 Å². The van der Waals surface area contributed by atoms with Gasteiger partial charge in [0.05, 0.1) is 13.2 Å². The van der Waals surface area contributed by atoms with Gasteiger partial charge in [0.2, 0.25) is 5.91 Å². The van der Waals surface area contributed by atoms with Crippen molar-refractivity contribution in [1.29, 1.82) is 0 Å². The van der Waals surface area contributed by atoms with Crippen LogP contribution in [-0.4, -0.2) is 80.8 Å². The highest BCUT2D eigenvalue weighted by molar-refractivity contribution is 6.30. The molecule has 2 aliphatic rings. The first-order chi connectivity index (χ1) is 12.2. The van der Waals surface area contributed by atoms with E-state index in [1.807, 2.05) is 29.2 Å². The van der Waals surface area contributed by atoms with E-state index in [4.69, 9.17) is 21.1 Å². The van der Waals surface area contributed by atoms with E-state index >= 15 is 0 Å². The first-order valence-corrected chi connectivity index (χ1v) is 9.28. The lowest BCUT2D eigenvalue weighted by Crippen LogP contribution is -2.51. The minimum Gasteiger partial charge on any atom is -0.492 e. The average Bonchev–Trinajstić information content (AvgIpc) is 2.65. The second-order valence-corrected chi connectivity index (χ2v) is 6.89. The molecular formula is C18H28Cl3N3O3. The van der Waals surface area contributed by atoms with E-state index in [0.717, 1.165) is 51.6 Å². The molecular weight excluding hydrogens is 413 g/mol. The fraction of sp³-hybridized carbons (Fsp3) is 0.611. The van der Waals surface area contributed by atoms with Crippen LogP contribution in [0.15, 0.2) is 24.3 Å². The molecule has 2 heterocycles. The van der Waals surface area contributed by atoms with Crippen molar-refractivity contribution >= 4 is 42.3 Å². The molecule has 1 N–H and O–H groups in total. The topological polar surface area (TPSA) is 54.0 Å². The van der Waals surface area contributed by atoms with Gasteiger partial charge in [-0.15, -0.1) is 24.8 Å². The number of carbonyl (C=O) groups excluding carboxylic acids is 1. The number of piperazine rings is 1. The predicted molar refractivity (Wildman–Crippen MR) is 112 cm³/mol. The van der Waals surface area contributed by atoms with Crippen molar-refractivity contribution in [1.82, 2.24) is 15.1 Å². The third-order valence-corrected chi connectivity index (χ3v) is 4.89. The zero-order valence-electron chi connectivity index (χ0n) is 15.3. The summed E-state index contributed by atoms with van der Waals surface area (Å²) in [7, 11) is 0. The maximum atomic E-state index is 12.4. The molecule has 1 aromatic rings. The molecule has 1 unspecified atom stereocenters. The first-order valence-electron chi connectivity index (χ1n) is 8.90. The maximum absolute atomic E-state index is 12.4. The number of amides is 1. The Hall–Kier alpha value is -0.760. The van der Waals surface area contributed by atoms with Crippen molar-refractivity contribution in [3.8, 4) is 5.75 Å². The summed E-state index contributed by atoms with van der Waals surface area (Å²) in [5.41, 5.74) is 0. The molecule has 0 aliphatic carbocycles. The SMILES string of the molecule is Cl.Cl.O=C(CC1COCCN1)N1CCN(CCOc2ccc(Cl)cc2)CC1. The molecule has 154 valence electrons. The van der Waals surface area contributed by atoms with Gasteiger partial charge in [0.25, 0.3) is 0 Å². The lowest BCUT2D eigenvalue weighted by molar-refractivity contribution is -0.134. The van der Waals surface area contributed by atoms with Gasteiger partial charge in [-0.1, -0.05) is 11.6 Å². The minimum atomic E-state index is 0. The lowest BCUT2D eigenvalue weighted by atomic mass is 10.1. The van der Waals surface area contributed by atoms with Gasteiger partial charge in [-0.3, -0.25) is 9.69 Å². The number of hydrogen-bond donors (Lipinski definition) is 1. The summed E-state index contributed by atoms with van der Waals surface area (Å²) < 4.78 is 11.1. The number of hydrogen-bond acceptors (Lipinski definition) is 5. The zero-order valence-corrected chi connectivity index (χ0v) is 17.7. The fourth-order valence-corrected chi connectivity index (χ4v) is 3.26. The van der Waals surface area contributed by atoms with Crippen LogP contribution in [0.4, 0.5) is 0 Å². The van der Waals surface area contributed by atoms with Gasteiger partial charge in [0, 0.05) is 56.8 Å². The van der Waals surface area contributed by atoms with Crippen LogP contribution in [-0.2, 0) is 9.53 Å². The highest BCUT2D eigenvalue weighted by atomic mass is 35.5. The molecule has 6 nitrogen and oxygen atoms in total. The van der Waals surface area contributed by atoms with Crippen molar-refractivity contribution in [3.05, 3.63) is 29.3 Å². The fourth-order valence-electron chi connectivity index (χ4n) is 3.14. The van der Waals surface area contributed by atoms with Crippen LogP contribution in [0.3, 0.4) is 0 Å². The predicted octanol–water partition coefficient (Wildman–Crippen LogP) is 2.09. The largest absolute Gasteiger partial charge is 0.492 e. The Bertz CT molecular complexity index is 549. The molecule has 2 aliphatic heterocycles.